The summed E-state index contributed by atoms with van der Waals surface area (Å²) in [5, 5.41) is 0. The highest BCUT2D eigenvalue weighted by Crippen LogP contribution is 2.40. The second-order valence-corrected chi connectivity index (χ2v) is 6.48. The van der Waals surface area contributed by atoms with Gasteiger partial charge in [0.25, 0.3) is 0 Å². The van der Waals surface area contributed by atoms with Gasteiger partial charge >= 0.3 is 0 Å². The van der Waals surface area contributed by atoms with Crippen molar-refractivity contribution in [1.82, 2.24) is 0 Å². The zero-order valence-electron chi connectivity index (χ0n) is 13.6. The fourth-order valence-electron chi connectivity index (χ4n) is 2.98. The van der Waals surface area contributed by atoms with Crippen molar-refractivity contribution in [1.29, 1.82) is 0 Å². The number of carbonyl (C=O) groups excluding carboxylic acids is 1. The molecule has 0 spiro atoms. The Morgan fingerprint density at radius 2 is 1.95 bits per heavy atom. The van der Waals surface area contributed by atoms with Crippen molar-refractivity contribution in [3.63, 3.8) is 0 Å². The SMILES string of the molecule is CC1=C(C=CC#Cc2ccc(C(N)=O)cc2)C(C)(C)CCC1. The number of amides is 1. The van der Waals surface area contributed by atoms with Crippen LogP contribution in [0.4, 0.5) is 0 Å². The normalized spacial score (nSPS) is 17.2. The van der Waals surface area contributed by atoms with Crippen LogP contribution in [-0.2, 0) is 0 Å². The van der Waals surface area contributed by atoms with E-state index >= 15 is 0 Å². The first-order valence-corrected chi connectivity index (χ1v) is 7.68. The summed E-state index contributed by atoms with van der Waals surface area (Å²) >= 11 is 0. The second kappa shape index (κ2) is 6.66. The Bertz CT molecular complexity index is 679. The van der Waals surface area contributed by atoms with E-state index in [4.69, 9.17) is 5.73 Å². The van der Waals surface area contributed by atoms with E-state index in [0.717, 1.165) is 5.56 Å². The first-order chi connectivity index (χ1) is 10.4. The lowest BCUT2D eigenvalue weighted by molar-refractivity contribution is 0.100. The fraction of sp³-hybridized carbons (Fsp3) is 0.350. The van der Waals surface area contributed by atoms with Crippen molar-refractivity contribution < 1.29 is 4.79 Å². The summed E-state index contributed by atoms with van der Waals surface area (Å²) in [6, 6.07) is 7.03. The van der Waals surface area contributed by atoms with Crippen LogP contribution in [0.2, 0.25) is 0 Å². The predicted molar refractivity (Wildman–Crippen MR) is 91.3 cm³/mol. The lowest BCUT2D eigenvalue weighted by Gasteiger charge is -2.32. The van der Waals surface area contributed by atoms with Gasteiger partial charge in [-0.3, -0.25) is 4.79 Å². The van der Waals surface area contributed by atoms with E-state index in [1.807, 2.05) is 18.2 Å². The average Bonchev–Trinajstić information content (AvgIpc) is 2.46. The molecule has 0 saturated carbocycles. The molecule has 0 atom stereocenters. The Hall–Kier alpha value is -2.27. The number of rotatable bonds is 2. The van der Waals surface area contributed by atoms with E-state index in [9.17, 15) is 4.79 Å². The molecule has 2 rings (SSSR count). The molecule has 0 radical (unpaired) electrons. The number of primary amides is 1. The largest absolute Gasteiger partial charge is 0.366 e. The summed E-state index contributed by atoms with van der Waals surface area (Å²) < 4.78 is 0. The highest BCUT2D eigenvalue weighted by molar-refractivity contribution is 5.92. The summed E-state index contributed by atoms with van der Waals surface area (Å²) in [4.78, 5) is 11.0. The van der Waals surface area contributed by atoms with Crippen molar-refractivity contribution in [3.8, 4) is 11.8 Å². The third kappa shape index (κ3) is 3.89. The van der Waals surface area contributed by atoms with E-state index in [1.54, 1.807) is 12.1 Å². The molecule has 0 aliphatic heterocycles. The summed E-state index contributed by atoms with van der Waals surface area (Å²) in [6.07, 6.45) is 7.76. The van der Waals surface area contributed by atoms with Crippen LogP contribution in [0.25, 0.3) is 0 Å². The van der Waals surface area contributed by atoms with Gasteiger partial charge in [-0.25, -0.2) is 0 Å². The molecule has 0 unspecified atom stereocenters. The topological polar surface area (TPSA) is 43.1 Å². The van der Waals surface area contributed by atoms with Crippen molar-refractivity contribution in [2.75, 3.05) is 0 Å². The first kappa shape index (κ1) is 16.1. The zero-order chi connectivity index (χ0) is 16.2. The van der Waals surface area contributed by atoms with Gasteiger partial charge in [0.1, 0.15) is 0 Å². The van der Waals surface area contributed by atoms with Crippen molar-refractivity contribution in [2.45, 2.75) is 40.0 Å². The molecule has 0 saturated heterocycles. The maximum Gasteiger partial charge on any atom is 0.248 e. The van der Waals surface area contributed by atoms with Crippen LogP contribution in [0.15, 0.2) is 47.6 Å². The van der Waals surface area contributed by atoms with Crippen molar-refractivity contribution in [2.24, 2.45) is 11.1 Å². The van der Waals surface area contributed by atoms with Crippen LogP contribution in [0.5, 0.6) is 0 Å². The van der Waals surface area contributed by atoms with Gasteiger partial charge in [-0.1, -0.05) is 37.3 Å². The lowest BCUT2D eigenvalue weighted by Crippen LogP contribution is -2.18. The average molecular weight is 293 g/mol. The van der Waals surface area contributed by atoms with Gasteiger partial charge in [-0.2, -0.15) is 0 Å². The molecule has 1 amide bonds. The van der Waals surface area contributed by atoms with Gasteiger partial charge in [0.2, 0.25) is 5.91 Å². The van der Waals surface area contributed by atoms with Crippen LogP contribution < -0.4 is 5.73 Å². The monoisotopic (exact) mass is 293 g/mol. The van der Waals surface area contributed by atoms with Crippen molar-refractivity contribution >= 4 is 5.91 Å². The Kier molecular flexibility index (Phi) is 4.88. The number of carbonyl (C=O) groups is 1. The minimum Gasteiger partial charge on any atom is -0.366 e. The third-order valence-electron chi connectivity index (χ3n) is 4.26. The quantitative estimate of drug-likeness (QED) is 0.815. The van der Waals surface area contributed by atoms with E-state index in [0.29, 0.717) is 5.56 Å². The molecule has 1 aliphatic rings. The van der Waals surface area contributed by atoms with Gasteiger partial charge in [0, 0.05) is 11.1 Å². The highest BCUT2D eigenvalue weighted by atomic mass is 16.1. The van der Waals surface area contributed by atoms with E-state index < -0.39 is 5.91 Å². The Balaban J connectivity index is 2.11. The number of benzene rings is 1. The molecule has 0 aromatic heterocycles. The molecule has 1 aliphatic carbocycles. The smallest absolute Gasteiger partial charge is 0.248 e. The van der Waals surface area contributed by atoms with E-state index in [-0.39, 0.29) is 5.41 Å². The Labute approximate surface area is 133 Å². The highest BCUT2D eigenvalue weighted by Gasteiger charge is 2.26. The molecule has 2 nitrogen and oxygen atoms in total. The molecular formula is C20H23NO. The Morgan fingerprint density at radius 3 is 2.55 bits per heavy atom. The Morgan fingerprint density at radius 1 is 1.27 bits per heavy atom. The van der Waals surface area contributed by atoms with E-state index in [2.05, 4.69) is 38.7 Å². The summed E-state index contributed by atoms with van der Waals surface area (Å²) in [5.41, 5.74) is 9.72. The molecular weight excluding hydrogens is 270 g/mol. The van der Waals surface area contributed by atoms with Gasteiger partial charge in [0.05, 0.1) is 0 Å². The van der Waals surface area contributed by atoms with Crippen LogP contribution in [0.1, 0.15) is 56.0 Å². The fourth-order valence-corrected chi connectivity index (χ4v) is 2.98. The number of hydrogen-bond acceptors (Lipinski definition) is 1. The lowest BCUT2D eigenvalue weighted by atomic mass is 9.73. The maximum atomic E-state index is 11.0. The first-order valence-electron chi connectivity index (χ1n) is 7.68. The standard InChI is InChI=1S/C20H23NO/c1-15-7-6-14-20(2,3)18(15)9-5-4-8-16-10-12-17(13-11-16)19(21)22/h5,9-13H,6-7,14H2,1-3H3,(H2,21,22). The van der Waals surface area contributed by atoms with Gasteiger partial charge in [0.15, 0.2) is 0 Å². The number of hydrogen-bond donors (Lipinski definition) is 1. The minimum absolute atomic E-state index is 0.240. The van der Waals surface area contributed by atoms with Gasteiger partial charge in [-0.15, -0.1) is 0 Å². The summed E-state index contributed by atoms with van der Waals surface area (Å²) in [6.45, 7) is 6.81. The van der Waals surface area contributed by atoms with Crippen LogP contribution >= 0.6 is 0 Å². The maximum absolute atomic E-state index is 11.0. The van der Waals surface area contributed by atoms with E-state index in [1.165, 1.54) is 30.4 Å². The molecule has 0 fully saturated rings. The molecule has 2 N–H and O–H groups in total. The van der Waals surface area contributed by atoms with Gasteiger partial charge < -0.3 is 5.73 Å². The summed E-state index contributed by atoms with van der Waals surface area (Å²) in [7, 11) is 0. The van der Waals surface area contributed by atoms with Crippen molar-refractivity contribution in [3.05, 3.63) is 58.7 Å². The molecule has 1 aromatic rings. The van der Waals surface area contributed by atoms with Crippen LogP contribution in [-0.4, -0.2) is 5.91 Å². The van der Waals surface area contributed by atoms with Gasteiger partial charge in [-0.05, 0) is 67.5 Å². The number of nitrogens with two attached hydrogens (primary N) is 1. The second-order valence-electron chi connectivity index (χ2n) is 6.48. The van der Waals surface area contributed by atoms with Crippen LogP contribution in [0.3, 0.4) is 0 Å². The zero-order valence-corrected chi connectivity index (χ0v) is 13.6. The third-order valence-corrected chi connectivity index (χ3v) is 4.26. The minimum atomic E-state index is -0.415. The summed E-state index contributed by atoms with van der Waals surface area (Å²) in [5.74, 6) is 5.74. The molecule has 1 aromatic carbocycles. The molecule has 114 valence electrons. The molecule has 0 bridgehead atoms. The molecule has 22 heavy (non-hydrogen) atoms. The molecule has 0 heterocycles. The molecule has 2 heteroatoms. The number of allylic oxidation sites excluding steroid dienone is 4. The predicted octanol–water partition coefficient (Wildman–Crippen LogP) is 4.22. The van der Waals surface area contributed by atoms with Crippen LogP contribution in [0, 0.1) is 17.3 Å².